The van der Waals surface area contributed by atoms with E-state index in [2.05, 4.69) is 51.5 Å². The molecule has 5 heterocycles. The summed E-state index contributed by atoms with van der Waals surface area (Å²) in [6, 6.07) is 6.08. The van der Waals surface area contributed by atoms with Crippen LogP contribution in [0.3, 0.4) is 0 Å². The van der Waals surface area contributed by atoms with Crippen LogP contribution in [0.15, 0.2) is 45.7 Å². The molecule has 240 valence electrons. The second kappa shape index (κ2) is 11.6. The van der Waals surface area contributed by atoms with Gasteiger partial charge in [0.05, 0.1) is 10.5 Å². The van der Waals surface area contributed by atoms with Gasteiger partial charge in [-0.25, -0.2) is 15.0 Å². The first-order valence-corrected chi connectivity index (χ1v) is 16.1. The zero-order valence-electron chi connectivity index (χ0n) is 25.9. The number of aromatic nitrogens is 7. The second-order valence-corrected chi connectivity index (χ2v) is 13.4. The van der Waals surface area contributed by atoms with E-state index in [0.29, 0.717) is 52.4 Å². The van der Waals surface area contributed by atoms with Crippen molar-refractivity contribution in [2.45, 2.75) is 65.6 Å². The minimum Gasteiger partial charge on any atom is -0.426 e. The Morgan fingerprint density at radius 1 is 1.09 bits per heavy atom. The van der Waals surface area contributed by atoms with Crippen LogP contribution in [0.2, 0.25) is 5.02 Å². The molecule has 2 fully saturated rings. The number of hydrogen-bond donors (Lipinski definition) is 1. The molecule has 13 nitrogen and oxygen atoms in total. The summed E-state index contributed by atoms with van der Waals surface area (Å²) >= 11 is 9.65. The predicted octanol–water partition coefficient (Wildman–Crippen LogP) is 5.06. The number of fused-ring (bicyclic) bond motifs is 2. The number of ketones is 1. The van der Waals surface area contributed by atoms with E-state index in [9.17, 15) is 14.4 Å². The number of likely N-dealkylation sites (tertiary alicyclic amines) is 1. The topological polar surface area (TPSA) is 162 Å². The van der Waals surface area contributed by atoms with Gasteiger partial charge in [0.25, 0.3) is 0 Å². The van der Waals surface area contributed by atoms with E-state index in [1.807, 2.05) is 26.0 Å². The Labute approximate surface area is 282 Å². The standard InChI is InChI=1S/C32H29BrClN9O4/c1-15-7-19(20-12-35-17(3)36-13-20)8-21-28(16(2)44)41-42(29(15)21)14-27(45)43-23(31(46)38-30-22(34)5-6-25(33)37-30)9-32(10-24(32)43)11-26-40-39-18(4)47-26/h5-8,12-13,23-24H,9-11,14H2,1-4H3,(H,37,38,46)/t23-,24+,32-/m0/s1. The Balaban J connectivity index is 1.22. The summed E-state index contributed by atoms with van der Waals surface area (Å²) in [4.78, 5) is 55.4. The number of carbonyl (C=O) groups excluding carboxylic acids is 3. The number of nitrogens with one attached hydrogen (secondary N) is 1. The Morgan fingerprint density at radius 3 is 2.55 bits per heavy atom. The fraction of sp³-hybridized carbons (Fsp3) is 0.344. The monoisotopic (exact) mass is 717 g/mol. The molecule has 1 aromatic carbocycles. The summed E-state index contributed by atoms with van der Waals surface area (Å²) in [5.74, 6) is 0.809. The first kappa shape index (κ1) is 31.1. The Morgan fingerprint density at radius 2 is 1.85 bits per heavy atom. The van der Waals surface area contributed by atoms with Crippen molar-refractivity contribution in [2.75, 3.05) is 5.32 Å². The van der Waals surface area contributed by atoms with Gasteiger partial charge in [-0.3, -0.25) is 19.1 Å². The molecule has 0 unspecified atom stereocenters. The van der Waals surface area contributed by atoms with Crippen LogP contribution in [-0.4, -0.2) is 69.5 Å². The van der Waals surface area contributed by atoms with Crippen molar-refractivity contribution in [1.29, 1.82) is 0 Å². The number of carbonyl (C=O) groups is 3. The highest BCUT2D eigenvalue weighted by Gasteiger charge is 2.67. The van der Waals surface area contributed by atoms with Crippen molar-refractivity contribution in [3.05, 3.63) is 75.1 Å². The number of halogens is 2. The van der Waals surface area contributed by atoms with Gasteiger partial charge >= 0.3 is 0 Å². The number of amides is 2. The van der Waals surface area contributed by atoms with Gasteiger partial charge in [0.1, 0.15) is 28.7 Å². The molecule has 1 aliphatic heterocycles. The van der Waals surface area contributed by atoms with Crippen LogP contribution in [0.5, 0.6) is 0 Å². The quantitative estimate of drug-likeness (QED) is 0.170. The van der Waals surface area contributed by atoms with Crippen LogP contribution in [0.1, 0.15) is 53.4 Å². The lowest BCUT2D eigenvalue weighted by atomic mass is 9.95. The van der Waals surface area contributed by atoms with E-state index in [-0.39, 0.29) is 40.8 Å². The molecule has 3 atom stereocenters. The van der Waals surface area contributed by atoms with Gasteiger partial charge in [-0.05, 0) is 78.0 Å². The molecular formula is C32H29BrClN9O4. The lowest BCUT2D eigenvalue weighted by Crippen LogP contribution is -2.46. The third-order valence-electron chi connectivity index (χ3n) is 8.90. The summed E-state index contributed by atoms with van der Waals surface area (Å²) < 4.78 is 7.73. The lowest BCUT2D eigenvalue weighted by molar-refractivity contribution is -0.138. The van der Waals surface area contributed by atoms with Crippen LogP contribution in [0, 0.1) is 26.2 Å². The lowest BCUT2D eigenvalue weighted by Gasteiger charge is -2.27. The SMILES string of the molecule is CC(=O)c1nn(CC(=O)N2[C@H](C(=O)Nc3nc(Br)ccc3Cl)C[C@@]3(Cc4nnc(C)o4)C[C@@H]23)c2c(C)cc(-c3cnc(C)nc3)cc12. The Kier molecular flexibility index (Phi) is 7.66. The molecule has 0 radical (unpaired) electrons. The molecular weight excluding hydrogens is 690 g/mol. The van der Waals surface area contributed by atoms with Crippen LogP contribution in [0.25, 0.3) is 22.0 Å². The minimum absolute atomic E-state index is 0.177. The molecule has 2 aliphatic rings. The first-order chi connectivity index (χ1) is 22.4. The molecule has 1 aliphatic carbocycles. The summed E-state index contributed by atoms with van der Waals surface area (Å²) in [7, 11) is 0. The van der Waals surface area contributed by atoms with E-state index in [1.165, 1.54) is 6.92 Å². The molecule has 1 saturated carbocycles. The van der Waals surface area contributed by atoms with Gasteiger partial charge in [0, 0.05) is 55.1 Å². The van der Waals surface area contributed by atoms with E-state index in [4.69, 9.17) is 16.0 Å². The highest BCUT2D eigenvalue weighted by atomic mass is 79.9. The van der Waals surface area contributed by atoms with Crippen molar-refractivity contribution in [2.24, 2.45) is 5.41 Å². The average molecular weight is 719 g/mol. The first-order valence-electron chi connectivity index (χ1n) is 15.0. The van der Waals surface area contributed by atoms with Gasteiger partial charge in [-0.15, -0.1) is 10.2 Å². The molecule has 2 amide bonds. The minimum atomic E-state index is -0.814. The van der Waals surface area contributed by atoms with Crippen molar-refractivity contribution in [3.8, 4) is 11.1 Å². The fourth-order valence-electron chi connectivity index (χ4n) is 6.70. The Hall–Kier alpha value is -4.56. The number of anilines is 1. The van der Waals surface area contributed by atoms with Crippen LogP contribution >= 0.6 is 27.5 Å². The highest BCUT2D eigenvalue weighted by Crippen LogP contribution is 2.61. The zero-order valence-corrected chi connectivity index (χ0v) is 28.3. The van der Waals surface area contributed by atoms with Crippen molar-refractivity contribution in [1.82, 2.24) is 39.8 Å². The molecule has 5 aromatic rings. The van der Waals surface area contributed by atoms with E-state index in [1.54, 1.807) is 41.0 Å². The van der Waals surface area contributed by atoms with Gasteiger partial charge < -0.3 is 14.6 Å². The highest BCUT2D eigenvalue weighted by molar-refractivity contribution is 9.10. The summed E-state index contributed by atoms with van der Waals surface area (Å²) in [6.45, 7) is 6.71. The maximum Gasteiger partial charge on any atom is 0.248 e. The summed E-state index contributed by atoms with van der Waals surface area (Å²) in [5.41, 5.74) is 2.97. The molecule has 7 rings (SSSR count). The molecule has 15 heteroatoms. The molecule has 47 heavy (non-hydrogen) atoms. The van der Waals surface area contributed by atoms with Gasteiger partial charge in [-0.1, -0.05) is 11.6 Å². The number of piperidine rings is 1. The number of pyridine rings is 1. The number of aryl methyl sites for hydroxylation is 3. The maximum atomic E-state index is 14.3. The number of Topliss-reactive ketones (excluding diaryl/α,β-unsaturated/α-hetero) is 1. The van der Waals surface area contributed by atoms with Crippen molar-refractivity contribution >= 4 is 61.8 Å². The number of benzene rings is 1. The third-order valence-corrected chi connectivity index (χ3v) is 9.65. The number of rotatable bonds is 8. The third kappa shape index (κ3) is 5.69. The smallest absolute Gasteiger partial charge is 0.248 e. The molecule has 1 saturated heterocycles. The van der Waals surface area contributed by atoms with Gasteiger partial charge in [0.2, 0.25) is 23.6 Å². The van der Waals surface area contributed by atoms with Crippen molar-refractivity contribution < 1.29 is 18.8 Å². The normalized spacial score (nSPS) is 20.0. The van der Waals surface area contributed by atoms with E-state index < -0.39 is 17.4 Å². The number of nitrogens with zero attached hydrogens (tertiary/aromatic N) is 8. The van der Waals surface area contributed by atoms with Gasteiger partial charge in [-0.2, -0.15) is 5.10 Å². The molecule has 0 bridgehead atoms. The Bertz CT molecular complexity index is 2100. The van der Waals surface area contributed by atoms with Gasteiger partial charge in [0.15, 0.2) is 11.6 Å². The van der Waals surface area contributed by atoms with Crippen LogP contribution in [-0.2, 0) is 22.6 Å². The van der Waals surface area contributed by atoms with Crippen LogP contribution in [0.4, 0.5) is 5.82 Å². The molecule has 0 spiro atoms. The molecule has 4 aromatic heterocycles. The summed E-state index contributed by atoms with van der Waals surface area (Å²) in [6.07, 6.45) is 4.97. The molecule has 1 N–H and O–H groups in total. The van der Waals surface area contributed by atoms with Crippen LogP contribution < -0.4 is 5.32 Å². The fourth-order valence-corrected chi connectivity index (χ4v) is 7.17. The number of hydrogen-bond acceptors (Lipinski definition) is 10. The van der Waals surface area contributed by atoms with E-state index >= 15 is 0 Å². The second-order valence-electron chi connectivity index (χ2n) is 12.2. The zero-order chi connectivity index (χ0) is 33.2. The predicted molar refractivity (Wildman–Crippen MR) is 175 cm³/mol. The largest absolute Gasteiger partial charge is 0.426 e. The van der Waals surface area contributed by atoms with Crippen molar-refractivity contribution in [3.63, 3.8) is 0 Å². The summed E-state index contributed by atoms with van der Waals surface area (Å²) in [5, 5.41) is 16.4. The maximum absolute atomic E-state index is 14.3. The van der Waals surface area contributed by atoms with E-state index in [0.717, 1.165) is 16.7 Å². The average Bonchev–Trinajstić information content (AvgIpc) is 3.28.